The Hall–Kier alpha value is -1.37. The maximum atomic E-state index is 10.7. The van der Waals surface area contributed by atoms with Gasteiger partial charge in [0.2, 0.25) is 6.29 Å². The maximum Gasteiger partial charge on any atom is 0.206 e. The van der Waals surface area contributed by atoms with Gasteiger partial charge < -0.3 is 0 Å². The highest BCUT2D eigenvalue weighted by Gasteiger charge is 2.08. The summed E-state index contributed by atoms with van der Waals surface area (Å²) in [5.41, 5.74) is 1.04. The van der Waals surface area contributed by atoms with Crippen LogP contribution in [0.3, 0.4) is 0 Å². The minimum atomic E-state index is -0.0980. The van der Waals surface area contributed by atoms with E-state index in [9.17, 15) is 4.79 Å². The van der Waals surface area contributed by atoms with Crippen LogP contribution in [0, 0.1) is 0 Å². The fourth-order valence-corrected chi connectivity index (χ4v) is 1.26. The van der Waals surface area contributed by atoms with E-state index in [0.29, 0.717) is 0 Å². The molecule has 0 saturated carbocycles. The molecule has 0 aliphatic carbocycles. The van der Waals surface area contributed by atoms with Crippen LogP contribution in [0.5, 0.6) is 0 Å². The Bertz CT molecular complexity index is 264. The van der Waals surface area contributed by atoms with Crippen molar-refractivity contribution < 1.29 is 4.79 Å². The Morgan fingerprint density at radius 3 is 2.62 bits per heavy atom. The van der Waals surface area contributed by atoms with Crippen LogP contribution in [0.15, 0.2) is 43.0 Å². The van der Waals surface area contributed by atoms with Crippen LogP contribution in [0.4, 0.5) is 0 Å². The SMILES string of the molecule is C=CCCC([C]=O)c1ccccc1. The van der Waals surface area contributed by atoms with Crippen molar-refractivity contribution in [2.75, 3.05) is 0 Å². The van der Waals surface area contributed by atoms with E-state index in [0.717, 1.165) is 18.4 Å². The summed E-state index contributed by atoms with van der Waals surface area (Å²) in [4.78, 5) is 10.7. The van der Waals surface area contributed by atoms with Gasteiger partial charge in [-0.3, -0.25) is 4.79 Å². The summed E-state index contributed by atoms with van der Waals surface area (Å²) in [5, 5.41) is 0. The first-order valence-electron chi connectivity index (χ1n) is 4.42. The van der Waals surface area contributed by atoms with Gasteiger partial charge in [-0.2, -0.15) is 0 Å². The first kappa shape index (κ1) is 9.72. The van der Waals surface area contributed by atoms with E-state index < -0.39 is 0 Å². The normalized spacial score (nSPS) is 12.0. The molecule has 0 fully saturated rings. The van der Waals surface area contributed by atoms with Gasteiger partial charge in [0, 0.05) is 0 Å². The van der Waals surface area contributed by atoms with Crippen LogP contribution in [-0.2, 0) is 4.79 Å². The second-order valence-electron chi connectivity index (χ2n) is 2.95. The molecule has 1 nitrogen and oxygen atoms in total. The van der Waals surface area contributed by atoms with Gasteiger partial charge in [-0.1, -0.05) is 36.4 Å². The molecule has 0 heterocycles. The topological polar surface area (TPSA) is 17.1 Å². The number of rotatable bonds is 5. The molecule has 0 bridgehead atoms. The highest BCUT2D eigenvalue weighted by atomic mass is 16.1. The average molecular weight is 173 g/mol. The Morgan fingerprint density at radius 2 is 2.08 bits per heavy atom. The monoisotopic (exact) mass is 173 g/mol. The van der Waals surface area contributed by atoms with Crippen LogP contribution in [-0.4, -0.2) is 6.29 Å². The van der Waals surface area contributed by atoms with Gasteiger partial charge >= 0.3 is 0 Å². The molecule has 0 aliphatic heterocycles. The fourth-order valence-electron chi connectivity index (χ4n) is 1.26. The highest BCUT2D eigenvalue weighted by Crippen LogP contribution is 2.18. The van der Waals surface area contributed by atoms with Crippen molar-refractivity contribution in [3.8, 4) is 0 Å². The van der Waals surface area contributed by atoms with Crippen molar-refractivity contribution in [2.24, 2.45) is 0 Å². The van der Waals surface area contributed by atoms with Gasteiger partial charge in [0.1, 0.15) is 0 Å². The lowest BCUT2D eigenvalue weighted by Crippen LogP contribution is -1.98. The van der Waals surface area contributed by atoms with Gasteiger partial charge in [-0.15, -0.1) is 6.58 Å². The number of hydrogen-bond acceptors (Lipinski definition) is 1. The van der Waals surface area contributed by atoms with Gasteiger partial charge in [-0.05, 0) is 18.4 Å². The van der Waals surface area contributed by atoms with E-state index in [4.69, 9.17) is 0 Å². The maximum absolute atomic E-state index is 10.7. The number of allylic oxidation sites excluding steroid dienone is 1. The van der Waals surface area contributed by atoms with Crippen LogP contribution >= 0.6 is 0 Å². The predicted octanol–water partition coefficient (Wildman–Crippen LogP) is 2.85. The molecule has 13 heavy (non-hydrogen) atoms. The van der Waals surface area contributed by atoms with Crippen LogP contribution < -0.4 is 0 Å². The second-order valence-corrected chi connectivity index (χ2v) is 2.95. The minimum Gasteiger partial charge on any atom is -0.290 e. The summed E-state index contributed by atoms with van der Waals surface area (Å²) < 4.78 is 0. The molecule has 0 N–H and O–H groups in total. The van der Waals surface area contributed by atoms with Crippen molar-refractivity contribution >= 4 is 6.29 Å². The van der Waals surface area contributed by atoms with Gasteiger partial charge in [-0.25, -0.2) is 0 Å². The quantitative estimate of drug-likeness (QED) is 0.626. The Kier molecular flexibility index (Phi) is 3.97. The molecular formula is C12H13O. The summed E-state index contributed by atoms with van der Waals surface area (Å²) >= 11 is 0. The van der Waals surface area contributed by atoms with Crippen molar-refractivity contribution in [3.05, 3.63) is 48.6 Å². The summed E-state index contributed by atoms with van der Waals surface area (Å²) in [7, 11) is 0. The molecular weight excluding hydrogens is 160 g/mol. The zero-order chi connectivity index (χ0) is 9.52. The summed E-state index contributed by atoms with van der Waals surface area (Å²) in [6.45, 7) is 3.63. The highest BCUT2D eigenvalue weighted by molar-refractivity contribution is 5.62. The van der Waals surface area contributed by atoms with Crippen LogP contribution in [0.2, 0.25) is 0 Å². The molecule has 1 aromatic carbocycles. The van der Waals surface area contributed by atoms with Crippen molar-refractivity contribution in [2.45, 2.75) is 18.8 Å². The Balaban J connectivity index is 2.66. The lowest BCUT2D eigenvalue weighted by Gasteiger charge is -2.07. The van der Waals surface area contributed by atoms with E-state index in [1.165, 1.54) is 0 Å². The van der Waals surface area contributed by atoms with Crippen molar-refractivity contribution in [1.82, 2.24) is 0 Å². The molecule has 0 spiro atoms. The smallest absolute Gasteiger partial charge is 0.206 e. The van der Waals surface area contributed by atoms with Crippen molar-refractivity contribution in [3.63, 3.8) is 0 Å². The van der Waals surface area contributed by atoms with Crippen molar-refractivity contribution in [1.29, 1.82) is 0 Å². The van der Waals surface area contributed by atoms with Gasteiger partial charge in [0.25, 0.3) is 0 Å². The summed E-state index contributed by atoms with van der Waals surface area (Å²) in [6.07, 6.45) is 5.54. The third-order valence-corrected chi connectivity index (χ3v) is 2.00. The third-order valence-electron chi connectivity index (χ3n) is 2.00. The van der Waals surface area contributed by atoms with E-state index in [-0.39, 0.29) is 5.92 Å². The van der Waals surface area contributed by atoms with Gasteiger partial charge in [0.15, 0.2) is 0 Å². The van der Waals surface area contributed by atoms with Crippen LogP contribution in [0.25, 0.3) is 0 Å². The Labute approximate surface area is 79.1 Å². The number of benzene rings is 1. The first-order chi connectivity index (χ1) is 6.38. The summed E-state index contributed by atoms with van der Waals surface area (Å²) in [5.74, 6) is -0.0980. The van der Waals surface area contributed by atoms with E-state index in [1.54, 1.807) is 0 Å². The zero-order valence-corrected chi connectivity index (χ0v) is 7.57. The van der Waals surface area contributed by atoms with E-state index >= 15 is 0 Å². The van der Waals surface area contributed by atoms with Crippen LogP contribution in [0.1, 0.15) is 24.3 Å². The molecule has 1 rings (SSSR count). The molecule has 1 aromatic rings. The zero-order valence-electron chi connectivity index (χ0n) is 7.57. The molecule has 0 aliphatic rings. The molecule has 0 saturated heterocycles. The number of hydrogen-bond donors (Lipinski definition) is 0. The molecule has 1 atom stereocenters. The lowest BCUT2D eigenvalue weighted by atomic mass is 9.96. The minimum absolute atomic E-state index is 0.0980. The molecule has 0 aromatic heterocycles. The molecule has 1 heteroatoms. The fraction of sp³-hybridized carbons (Fsp3) is 0.250. The van der Waals surface area contributed by atoms with Gasteiger partial charge in [0.05, 0.1) is 5.92 Å². The largest absolute Gasteiger partial charge is 0.290 e. The average Bonchev–Trinajstić information content (AvgIpc) is 2.21. The summed E-state index contributed by atoms with van der Waals surface area (Å²) in [6, 6.07) is 9.73. The first-order valence-corrected chi connectivity index (χ1v) is 4.42. The Morgan fingerprint density at radius 1 is 1.38 bits per heavy atom. The molecule has 0 amide bonds. The third kappa shape index (κ3) is 2.86. The predicted molar refractivity (Wildman–Crippen MR) is 54.3 cm³/mol. The molecule has 67 valence electrons. The number of carbonyl (C=O) groups excluding carboxylic acids is 1. The lowest BCUT2D eigenvalue weighted by molar-refractivity contribution is 0.537. The van der Waals surface area contributed by atoms with E-state index in [1.807, 2.05) is 36.4 Å². The molecule has 1 unspecified atom stereocenters. The standard InChI is InChI=1S/C12H13O/c1-2-3-7-12(10-13)11-8-5-4-6-9-11/h2,4-6,8-9,12H,1,3,7H2. The second kappa shape index (κ2) is 5.31. The molecule has 1 radical (unpaired) electrons. The van der Waals surface area contributed by atoms with E-state index in [2.05, 4.69) is 12.9 Å².